The monoisotopic (exact) mass is 433 g/mol. The van der Waals surface area contributed by atoms with E-state index in [0.29, 0.717) is 21.4 Å². The number of benzene rings is 2. The first-order valence-corrected chi connectivity index (χ1v) is 10.2. The summed E-state index contributed by atoms with van der Waals surface area (Å²) in [7, 11) is 0. The van der Waals surface area contributed by atoms with Crippen LogP contribution in [0.15, 0.2) is 60.8 Å². The van der Waals surface area contributed by atoms with Gasteiger partial charge in [-0.05, 0) is 55.3 Å². The lowest BCUT2D eigenvalue weighted by Gasteiger charge is -2.12. The van der Waals surface area contributed by atoms with Crippen LogP contribution in [0.3, 0.4) is 0 Å². The van der Waals surface area contributed by atoms with Crippen LogP contribution < -0.4 is 5.32 Å². The molecule has 7 heteroatoms. The van der Waals surface area contributed by atoms with Gasteiger partial charge in [0.25, 0.3) is 0 Å². The van der Waals surface area contributed by atoms with E-state index in [4.69, 9.17) is 33.4 Å². The fourth-order valence-corrected chi connectivity index (χ4v) is 3.61. The molecule has 148 valence electrons. The van der Waals surface area contributed by atoms with Gasteiger partial charge in [-0.25, -0.2) is 9.97 Å². The van der Waals surface area contributed by atoms with E-state index in [9.17, 15) is 0 Å². The molecule has 1 N–H and O–H groups in total. The van der Waals surface area contributed by atoms with Crippen LogP contribution in [0, 0.1) is 11.3 Å². The van der Waals surface area contributed by atoms with Crippen molar-refractivity contribution in [2.24, 2.45) is 0 Å². The van der Waals surface area contributed by atoms with E-state index in [1.165, 1.54) is 0 Å². The van der Waals surface area contributed by atoms with Gasteiger partial charge < -0.3 is 5.32 Å². The van der Waals surface area contributed by atoms with Gasteiger partial charge in [-0.15, -0.1) is 0 Å². The number of aryl methyl sites for hydroxylation is 1. The average Bonchev–Trinajstić information content (AvgIpc) is 2.77. The number of hydrogen-bond donors (Lipinski definition) is 1. The topological polar surface area (TPSA) is 74.5 Å². The number of hydrogen-bond acceptors (Lipinski definition) is 5. The molecule has 0 amide bonds. The summed E-state index contributed by atoms with van der Waals surface area (Å²) in [4.78, 5) is 13.7. The van der Waals surface area contributed by atoms with Gasteiger partial charge in [-0.3, -0.25) is 4.98 Å². The molecule has 0 aliphatic heterocycles. The van der Waals surface area contributed by atoms with Gasteiger partial charge in [-0.1, -0.05) is 35.3 Å². The highest BCUT2D eigenvalue weighted by molar-refractivity contribution is 6.36. The zero-order valence-corrected chi connectivity index (χ0v) is 17.5. The Bertz CT molecular complexity index is 1230. The van der Waals surface area contributed by atoms with Gasteiger partial charge in [0.2, 0.25) is 0 Å². The Morgan fingerprint density at radius 1 is 1.00 bits per heavy atom. The Morgan fingerprint density at radius 2 is 1.87 bits per heavy atom. The summed E-state index contributed by atoms with van der Waals surface area (Å²) in [6.07, 6.45) is 3.27. The fourth-order valence-electron chi connectivity index (χ4n) is 3.12. The van der Waals surface area contributed by atoms with Crippen LogP contribution in [0.5, 0.6) is 0 Å². The molecule has 0 radical (unpaired) electrons. The largest absolute Gasteiger partial charge is 0.369 e. The maximum absolute atomic E-state index is 8.86. The summed E-state index contributed by atoms with van der Waals surface area (Å²) < 4.78 is 0. The normalized spacial score (nSPS) is 10.7. The average molecular weight is 434 g/mol. The number of anilines is 1. The molecule has 5 nitrogen and oxygen atoms in total. The van der Waals surface area contributed by atoms with Crippen molar-refractivity contribution in [1.29, 1.82) is 5.26 Å². The first-order valence-electron chi connectivity index (χ1n) is 9.45. The van der Waals surface area contributed by atoms with E-state index in [1.54, 1.807) is 24.4 Å². The number of nitrogens with one attached hydrogen (secondary N) is 1. The van der Waals surface area contributed by atoms with E-state index in [1.807, 2.05) is 36.4 Å². The molecular weight excluding hydrogens is 417 g/mol. The molecule has 0 aliphatic carbocycles. The Morgan fingerprint density at radius 3 is 2.63 bits per heavy atom. The second kappa shape index (κ2) is 9.08. The lowest BCUT2D eigenvalue weighted by molar-refractivity contribution is 0.833. The molecule has 2 heterocycles. The molecule has 0 unspecified atom stereocenters. The molecule has 0 saturated carbocycles. The predicted molar refractivity (Wildman–Crippen MR) is 121 cm³/mol. The van der Waals surface area contributed by atoms with Gasteiger partial charge >= 0.3 is 0 Å². The van der Waals surface area contributed by atoms with Crippen LogP contribution >= 0.6 is 23.2 Å². The van der Waals surface area contributed by atoms with Crippen molar-refractivity contribution < 1.29 is 0 Å². The minimum Gasteiger partial charge on any atom is -0.369 e. The molecule has 0 aliphatic rings. The number of rotatable bonds is 6. The Labute approximate surface area is 184 Å². The highest BCUT2D eigenvalue weighted by atomic mass is 35.5. The number of nitrogens with zero attached hydrogens (tertiary/aromatic N) is 4. The van der Waals surface area contributed by atoms with Gasteiger partial charge in [0, 0.05) is 34.4 Å². The molecule has 4 rings (SSSR count). The molecule has 0 fully saturated rings. The first kappa shape index (κ1) is 20.1. The van der Waals surface area contributed by atoms with E-state index in [-0.39, 0.29) is 0 Å². The SMILES string of the molecule is N#Cc1ccc(CCCNc2nc(-c3ccc(Cl)cc3Cl)nc3ccccc23)nc1. The third kappa shape index (κ3) is 4.51. The highest BCUT2D eigenvalue weighted by Crippen LogP contribution is 2.31. The summed E-state index contributed by atoms with van der Waals surface area (Å²) in [5.74, 6) is 1.31. The minimum absolute atomic E-state index is 0.510. The Hall–Kier alpha value is -3.20. The molecule has 0 atom stereocenters. The molecule has 0 saturated heterocycles. The van der Waals surface area contributed by atoms with Crippen molar-refractivity contribution in [3.05, 3.63) is 82.1 Å². The maximum atomic E-state index is 8.86. The van der Waals surface area contributed by atoms with Crippen molar-refractivity contribution in [2.75, 3.05) is 11.9 Å². The van der Waals surface area contributed by atoms with Gasteiger partial charge in [0.15, 0.2) is 5.82 Å². The van der Waals surface area contributed by atoms with Crippen molar-refractivity contribution in [1.82, 2.24) is 15.0 Å². The Balaban J connectivity index is 1.54. The van der Waals surface area contributed by atoms with Crippen LogP contribution in [-0.2, 0) is 6.42 Å². The van der Waals surface area contributed by atoms with Crippen molar-refractivity contribution in [2.45, 2.75) is 12.8 Å². The fraction of sp³-hybridized carbons (Fsp3) is 0.130. The van der Waals surface area contributed by atoms with Crippen LogP contribution in [0.1, 0.15) is 17.7 Å². The standard InChI is InChI=1S/C23H17Cl2N5/c24-16-8-10-18(20(25)12-16)23-29-21-6-2-1-5-19(21)22(30-23)27-11-3-4-17-9-7-15(13-26)14-28-17/h1-2,5-10,12,14H,3-4,11H2,(H,27,29,30). The van der Waals surface area contributed by atoms with E-state index in [2.05, 4.69) is 21.4 Å². The number of halogens is 2. The zero-order valence-electron chi connectivity index (χ0n) is 15.9. The number of aromatic nitrogens is 3. The van der Waals surface area contributed by atoms with E-state index >= 15 is 0 Å². The molecule has 0 spiro atoms. The molecule has 0 bridgehead atoms. The van der Waals surface area contributed by atoms with Gasteiger partial charge in [0.1, 0.15) is 11.9 Å². The van der Waals surface area contributed by atoms with Crippen molar-refractivity contribution >= 4 is 39.9 Å². The first-order chi connectivity index (χ1) is 14.6. The smallest absolute Gasteiger partial charge is 0.163 e. The lowest BCUT2D eigenvalue weighted by Crippen LogP contribution is -2.07. The second-order valence-electron chi connectivity index (χ2n) is 6.72. The summed E-state index contributed by atoms with van der Waals surface area (Å²) in [6, 6.07) is 18.9. The van der Waals surface area contributed by atoms with Crippen LogP contribution in [-0.4, -0.2) is 21.5 Å². The molecular formula is C23H17Cl2N5. The van der Waals surface area contributed by atoms with Crippen LogP contribution in [0.25, 0.3) is 22.3 Å². The van der Waals surface area contributed by atoms with Crippen LogP contribution in [0.4, 0.5) is 5.82 Å². The van der Waals surface area contributed by atoms with Crippen LogP contribution in [0.2, 0.25) is 10.0 Å². The number of nitriles is 1. The lowest BCUT2D eigenvalue weighted by atomic mass is 10.1. The third-order valence-electron chi connectivity index (χ3n) is 4.63. The molecule has 4 aromatic rings. The number of pyridine rings is 1. The predicted octanol–water partition coefficient (Wildman–Crippen LogP) is 5.91. The number of para-hydroxylation sites is 1. The van der Waals surface area contributed by atoms with Gasteiger partial charge in [0.05, 0.1) is 16.1 Å². The van der Waals surface area contributed by atoms with Gasteiger partial charge in [-0.2, -0.15) is 5.26 Å². The summed E-state index contributed by atoms with van der Waals surface area (Å²) >= 11 is 12.4. The van der Waals surface area contributed by atoms with Crippen molar-refractivity contribution in [3.8, 4) is 17.5 Å². The second-order valence-corrected chi connectivity index (χ2v) is 7.56. The Kier molecular flexibility index (Phi) is 6.08. The third-order valence-corrected chi connectivity index (χ3v) is 5.18. The summed E-state index contributed by atoms with van der Waals surface area (Å²) in [5.41, 5.74) is 3.09. The molecule has 2 aromatic carbocycles. The minimum atomic E-state index is 0.510. The van der Waals surface area contributed by atoms with E-state index < -0.39 is 0 Å². The summed E-state index contributed by atoms with van der Waals surface area (Å²) in [6.45, 7) is 0.719. The van der Waals surface area contributed by atoms with Crippen molar-refractivity contribution in [3.63, 3.8) is 0 Å². The maximum Gasteiger partial charge on any atom is 0.163 e. The summed E-state index contributed by atoms with van der Waals surface area (Å²) in [5, 5.41) is 14.3. The van der Waals surface area contributed by atoms with E-state index in [0.717, 1.165) is 47.4 Å². The molecule has 30 heavy (non-hydrogen) atoms. The molecule has 2 aromatic heterocycles. The highest BCUT2D eigenvalue weighted by Gasteiger charge is 2.12. The quantitative estimate of drug-likeness (QED) is 0.382. The number of fused-ring (bicyclic) bond motifs is 1. The zero-order chi connectivity index (χ0) is 20.9.